The van der Waals surface area contributed by atoms with E-state index in [4.69, 9.17) is 0 Å². The van der Waals surface area contributed by atoms with Crippen LogP contribution in [0.2, 0.25) is 0 Å². The number of aromatic hydroxyl groups is 1. The normalized spacial score (nSPS) is 13.7. The first-order chi connectivity index (χ1) is 11.3. The highest BCUT2D eigenvalue weighted by atomic mass is 16.3. The quantitative estimate of drug-likeness (QED) is 0.764. The molecule has 1 aromatic heterocycles. The average Bonchev–Trinajstić information content (AvgIpc) is 3.27. The SMILES string of the molecule is Oc1ccccc1N1C=CN(c2cccc(-c3ccc[nH]3)c2)C1. The third kappa shape index (κ3) is 2.55. The van der Waals surface area contributed by atoms with E-state index < -0.39 is 0 Å². The number of benzene rings is 2. The summed E-state index contributed by atoms with van der Waals surface area (Å²) in [7, 11) is 0. The Bertz CT molecular complexity index is 839. The standard InChI is InChI=1S/C19H17N3O/c23-19-9-2-1-8-18(19)22-12-11-21(14-22)16-6-3-5-15(13-16)17-7-4-10-20-17/h1-13,20,23H,14H2. The number of phenolic OH excluding ortho intramolecular Hbond substituents is 1. The van der Waals surface area contributed by atoms with Gasteiger partial charge in [0, 0.05) is 30.0 Å². The molecular formula is C19H17N3O. The van der Waals surface area contributed by atoms with Crippen LogP contribution in [-0.2, 0) is 0 Å². The maximum atomic E-state index is 10.00. The average molecular weight is 303 g/mol. The molecule has 4 heteroatoms. The Hall–Kier alpha value is -3.14. The summed E-state index contributed by atoms with van der Waals surface area (Å²) in [5.41, 5.74) is 4.19. The molecule has 4 nitrogen and oxygen atoms in total. The molecule has 2 N–H and O–H groups in total. The summed E-state index contributed by atoms with van der Waals surface area (Å²) in [5, 5.41) is 10.00. The molecule has 0 atom stereocenters. The Morgan fingerprint density at radius 2 is 1.74 bits per heavy atom. The monoisotopic (exact) mass is 303 g/mol. The van der Waals surface area contributed by atoms with Gasteiger partial charge in [0.05, 0.1) is 12.4 Å². The lowest BCUT2D eigenvalue weighted by Gasteiger charge is -2.22. The minimum atomic E-state index is 0.291. The first-order valence-electron chi connectivity index (χ1n) is 7.55. The number of phenols is 1. The molecule has 0 amide bonds. The van der Waals surface area contributed by atoms with E-state index >= 15 is 0 Å². The summed E-state index contributed by atoms with van der Waals surface area (Å²) < 4.78 is 0. The lowest BCUT2D eigenvalue weighted by molar-refractivity contribution is 0.475. The van der Waals surface area contributed by atoms with Gasteiger partial charge in [0.2, 0.25) is 0 Å². The van der Waals surface area contributed by atoms with Crippen LogP contribution in [0.25, 0.3) is 11.3 Å². The predicted molar refractivity (Wildman–Crippen MR) is 93.3 cm³/mol. The summed E-state index contributed by atoms with van der Waals surface area (Å²) in [5.74, 6) is 0.291. The van der Waals surface area contributed by atoms with Gasteiger partial charge in [-0.25, -0.2) is 0 Å². The van der Waals surface area contributed by atoms with Crippen molar-refractivity contribution < 1.29 is 5.11 Å². The van der Waals surface area contributed by atoms with Gasteiger partial charge in [-0.3, -0.25) is 0 Å². The third-order valence-electron chi connectivity index (χ3n) is 4.01. The molecule has 3 aromatic rings. The van der Waals surface area contributed by atoms with E-state index in [0.717, 1.165) is 22.6 Å². The highest BCUT2D eigenvalue weighted by molar-refractivity contribution is 5.69. The highest BCUT2D eigenvalue weighted by Gasteiger charge is 2.17. The zero-order valence-electron chi connectivity index (χ0n) is 12.6. The topological polar surface area (TPSA) is 42.5 Å². The van der Waals surface area contributed by atoms with Gasteiger partial charge in [0.1, 0.15) is 5.75 Å². The van der Waals surface area contributed by atoms with Crippen LogP contribution >= 0.6 is 0 Å². The number of nitrogens with one attached hydrogen (secondary N) is 1. The zero-order valence-corrected chi connectivity index (χ0v) is 12.6. The van der Waals surface area contributed by atoms with Gasteiger partial charge < -0.3 is 19.9 Å². The number of nitrogens with zero attached hydrogens (tertiary/aromatic N) is 2. The number of para-hydroxylation sites is 2. The van der Waals surface area contributed by atoms with Gasteiger partial charge in [0.25, 0.3) is 0 Å². The summed E-state index contributed by atoms with van der Waals surface area (Å²) in [6.07, 6.45) is 5.94. The van der Waals surface area contributed by atoms with Crippen LogP contribution in [0.1, 0.15) is 0 Å². The van der Waals surface area contributed by atoms with Crippen LogP contribution in [0, 0.1) is 0 Å². The van der Waals surface area contributed by atoms with Crippen molar-refractivity contribution in [2.45, 2.75) is 0 Å². The van der Waals surface area contributed by atoms with Gasteiger partial charge >= 0.3 is 0 Å². The van der Waals surface area contributed by atoms with E-state index in [1.807, 2.05) is 47.8 Å². The lowest BCUT2D eigenvalue weighted by atomic mass is 10.1. The molecule has 114 valence electrons. The summed E-state index contributed by atoms with van der Waals surface area (Å²) in [4.78, 5) is 7.41. The van der Waals surface area contributed by atoms with Crippen molar-refractivity contribution in [3.63, 3.8) is 0 Å². The summed E-state index contributed by atoms with van der Waals surface area (Å²) in [6.45, 7) is 0.672. The van der Waals surface area contributed by atoms with E-state index in [2.05, 4.69) is 40.2 Å². The lowest BCUT2D eigenvalue weighted by Crippen LogP contribution is -2.24. The Labute approximate surface area is 134 Å². The number of anilines is 2. The first-order valence-corrected chi connectivity index (χ1v) is 7.55. The van der Waals surface area contributed by atoms with Gasteiger partial charge in [-0.2, -0.15) is 0 Å². The van der Waals surface area contributed by atoms with E-state index in [1.165, 1.54) is 0 Å². The van der Waals surface area contributed by atoms with E-state index in [1.54, 1.807) is 6.07 Å². The minimum absolute atomic E-state index is 0.291. The Morgan fingerprint density at radius 1 is 0.870 bits per heavy atom. The molecule has 1 aliphatic heterocycles. The molecule has 2 heterocycles. The molecule has 1 aliphatic rings. The maximum absolute atomic E-state index is 10.00. The molecule has 0 saturated heterocycles. The molecule has 23 heavy (non-hydrogen) atoms. The van der Waals surface area contributed by atoms with Crippen LogP contribution in [0.4, 0.5) is 11.4 Å². The molecule has 0 aliphatic carbocycles. The highest BCUT2D eigenvalue weighted by Crippen LogP contribution is 2.31. The Kier molecular flexibility index (Phi) is 3.27. The second-order valence-electron chi connectivity index (χ2n) is 5.50. The van der Waals surface area contributed by atoms with Gasteiger partial charge in [-0.1, -0.05) is 24.3 Å². The molecule has 4 rings (SSSR count). The van der Waals surface area contributed by atoms with Crippen molar-refractivity contribution in [3.8, 4) is 17.0 Å². The smallest absolute Gasteiger partial charge is 0.139 e. The Balaban J connectivity index is 1.58. The second kappa shape index (κ2) is 5.57. The van der Waals surface area contributed by atoms with Crippen LogP contribution < -0.4 is 9.80 Å². The van der Waals surface area contributed by atoms with Gasteiger partial charge in [0.15, 0.2) is 0 Å². The van der Waals surface area contributed by atoms with Crippen LogP contribution in [0.5, 0.6) is 5.75 Å². The molecule has 0 bridgehead atoms. The van der Waals surface area contributed by atoms with Crippen molar-refractivity contribution >= 4 is 11.4 Å². The van der Waals surface area contributed by atoms with E-state index in [9.17, 15) is 5.11 Å². The minimum Gasteiger partial charge on any atom is -0.506 e. The van der Waals surface area contributed by atoms with Crippen LogP contribution in [-0.4, -0.2) is 16.8 Å². The van der Waals surface area contributed by atoms with Crippen molar-refractivity contribution in [2.75, 3.05) is 16.5 Å². The molecule has 0 saturated carbocycles. The van der Waals surface area contributed by atoms with Crippen molar-refractivity contribution in [1.82, 2.24) is 4.98 Å². The van der Waals surface area contributed by atoms with Gasteiger partial charge in [-0.15, -0.1) is 0 Å². The molecule has 0 radical (unpaired) electrons. The summed E-state index contributed by atoms with van der Waals surface area (Å²) >= 11 is 0. The number of hydrogen-bond donors (Lipinski definition) is 2. The molecular weight excluding hydrogens is 286 g/mol. The molecule has 0 fully saturated rings. The molecule has 2 aromatic carbocycles. The number of aromatic nitrogens is 1. The fourth-order valence-electron chi connectivity index (χ4n) is 2.81. The maximum Gasteiger partial charge on any atom is 0.139 e. The number of hydrogen-bond acceptors (Lipinski definition) is 3. The summed E-state index contributed by atoms with van der Waals surface area (Å²) in [6, 6.07) is 19.8. The number of aromatic amines is 1. The van der Waals surface area contributed by atoms with Crippen molar-refractivity contribution in [3.05, 3.63) is 79.3 Å². The van der Waals surface area contributed by atoms with Crippen LogP contribution in [0.15, 0.2) is 79.3 Å². The van der Waals surface area contributed by atoms with E-state index in [-0.39, 0.29) is 0 Å². The molecule has 0 spiro atoms. The first kappa shape index (κ1) is 13.5. The van der Waals surface area contributed by atoms with Crippen LogP contribution in [0.3, 0.4) is 0 Å². The van der Waals surface area contributed by atoms with Gasteiger partial charge in [-0.05, 0) is 42.0 Å². The third-order valence-corrected chi connectivity index (χ3v) is 4.01. The van der Waals surface area contributed by atoms with Crippen molar-refractivity contribution in [2.24, 2.45) is 0 Å². The number of H-pyrrole nitrogens is 1. The second-order valence-corrected chi connectivity index (χ2v) is 5.50. The molecule has 0 unspecified atom stereocenters. The zero-order chi connectivity index (χ0) is 15.6. The van der Waals surface area contributed by atoms with E-state index in [0.29, 0.717) is 12.4 Å². The largest absolute Gasteiger partial charge is 0.506 e. The predicted octanol–water partition coefficient (Wildman–Crippen LogP) is 4.14. The van der Waals surface area contributed by atoms with Crippen molar-refractivity contribution in [1.29, 1.82) is 0 Å². The Morgan fingerprint density at radius 3 is 2.57 bits per heavy atom. The fourth-order valence-corrected chi connectivity index (χ4v) is 2.81. The fraction of sp³-hybridized carbons (Fsp3) is 0.0526. The number of rotatable bonds is 3.